The number of nitrogen functional groups attached to an aromatic ring is 1. The van der Waals surface area contributed by atoms with Crippen LogP contribution in [0.1, 0.15) is 45.1 Å². The molecular formula is C22H26F3N6O2S-. The number of rotatable bonds is 10. The molecule has 0 amide bonds. The summed E-state index contributed by atoms with van der Waals surface area (Å²) in [5.74, 6) is 5.96. The predicted octanol–water partition coefficient (Wildman–Crippen LogP) is 4.38. The van der Waals surface area contributed by atoms with E-state index in [4.69, 9.17) is 5.84 Å². The Hall–Kier alpha value is -2.99. The largest absolute Gasteiger partial charge is 0.768 e. The van der Waals surface area contributed by atoms with Gasteiger partial charge in [0.05, 0.1) is 5.56 Å². The molecule has 1 atom stereocenters. The fourth-order valence-corrected chi connectivity index (χ4v) is 4.27. The van der Waals surface area contributed by atoms with Gasteiger partial charge in [0.15, 0.2) is 0 Å². The van der Waals surface area contributed by atoms with Gasteiger partial charge >= 0.3 is 6.18 Å². The highest BCUT2D eigenvalue weighted by Crippen LogP contribution is 2.40. The van der Waals surface area contributed by atoms with Gasteiger partial charge in [0.25, 0.3) is 0 Å². The molecule has 1 aromatic heterocycles. The standard InChI is InChI=1S/C22H27F3N6O2S/c1-3-5-11-30(12-6-4-2)18-13-16(21-27-28-29-31(21)26)14-19(34(32)33)20(18)15-7-9-17(10-8-15)22(23,24)25/h7-10,13-14H,3-6,11-12,26H2,1-2H3,(H,32,33)/p-1. The summed E-state index contributed by atoms with van der Waals surface area (Å²) >= 11 is -2.70. The van der Waals surface area contributed by atoms with Crippen molar-refractivity contribution in [2.45, 2.75) is 50.6 Å². The average molecular weight is 496 g/mol. The van der Waals surface area contributed by atoms with Crippen molar-refractivity contribution in [2.75, 3.05) is 23.8 Å². The fourth-order valence-electron chi connectivity index (χ4n) is 3.66. The maximum Gasteiger partial charge on any atom is 0.416 e. The fraction of sp³-hybridized carbons (Fsp3) is 0.409. The molecule has 0 radical (unpaired) electrons. The van der Waals surface area contributed by atoms with Crippen LogP contribution in [0.4, 0.5) is 18.9 Å². The van der Waals surface area contributed by atoms with Crippen molar-refractivity contribution in [1.82, 2.24) is 20.3 Å². The van der Waals surface area contributed by atoms with Gasteiger partial charge in [0, 0.05) is 34.8 Å². The molecule has 0 spiro atoms. The van der Waals surface area contributed by atoms with Crippen LogP contribution in [0.5, 0.6) is 0 Å². The van der Waals surface area contributed by atoms with Crippen molar-refractivity contribution in [3.8, 4) is 22.5 Å². The number of halogens is 3. The molecule has 2 aromatic carbocycles. The van der Waals surface area contributed by atoms with Crippen LogP contribution in [0.2, 0.25) is 0 Å². The van der Waals surface area contributed by atoms with Crippen LogP contribution in [-0.2, 0) is 17.3 Å². The molecular weight excluding hydrogens is 469 g/mol. The number of nitrogens with zero attached hydrogens (tertiary/aromatic N) is 5. The van der Waals surface area contributed by atoms with E-state index < -0.39 is 22.8 Å². The Kier molecular flexibility index (Phi) is 8.26. The minimum absolute atomic E-state index is 0.0757. The van der Waals surface area contributed by atoms with E-state index in [1.54, 1.807) is 6.07 Å². The van der Waals surface area contributed by atoms with E-state index in [9.17, 15) is 21.9 Å². The Morgan fingerprint density at radius 2 is 1.68 bits per heavy atom. The maximum atomic E-state index is 13.1. The molecule has 0 aliphatic carbocycles. The highest BCUT2D eigenvalue weighted by Gasteiger charge is 2.30. The summed E-state index contributed by atoms with van der Waals surface area (Å²) in [6.07, 6.45) is -0.962. The Morgan fingerprint density at radius 1 is 1.06 bits per heavy atom. The lowest BCUT2D eigenvalue weighted by atomic mass is 9.98. The Balaban J connectivity index is 2.28. The second-order valence-corrected chi connectivity index (χ2v) is 8.73. The van der Waals surface area contributed by atoms with Gasteiger partial charge in [0.2, 0.25) is 5.82 Å². The number of tetrazole rings is 1. The van der Waals surface area contributed by atoms with Gasteiger partial charge in [0.1, 0.15) is 0 Å². The molecule has 184 valence electrons. The van der Waals surface area contributed by atoms with Gasteiger partial charge in [-0.1, -0.05) is 38.8 Å². The van der Waals surface area contributed by atoms with E-state index >= 15 is 0 Å². The molecule has 0 saturated heterocycles. The van der Waals surface area contributed by atoms with E-state index in [1.807, 2.05) is 13.8 Å². The van der Waals surface area contributed by atoms with Crippen molar-refractivity contribution >= 4 is 16.8 Å². The number of hydrogen-bond donors (Lipinski definition) is 1. The van der Waals surface area contributed by atoms with Crippen LogP contribution in [0.25, 0.3) is 22.5 Å². The second kappa shape index (κ2) is 11.0. The van der Waals surface area contributed by atoms with Crippen molar-refractivity contribution in [3.05, 3.63) is 42.0 Å². The Morgan fingerprint density at radius 3 is 2.15 bits per heavy atom. The third-order valence-corrected chi connectivity index (χ3v) is 6.10. The minimum atomic E-state index is -4.50. The number of anilines is 1. The van der Waals surface area contributed by atoms with Crippen LogP contribution in [0, 0.1) is 0 Å². The molecule has 0 bridgehead atoms. The third kappa shape index (κ3) is 5.73. The summed E-state index contributed by atoms with van der Waals surface area (Å²) in [6, 6.07) is 7.61. The normalized spacial score (nSPS) is 12.6. The zero-order valence-electron chi connectivity index (χ0n) is 18.9. The maximum absolute atomic E-state index is 13.1. The molecule has 0 aliphatic rings. The first-order chi connectivity index (χ1) is 16.2. The lowest BCUT2D eigenvalue weighted by Crippen LogP contribution is -2.27. The van der Waals surface area contributed by atoms with Crippen molar-refractivity contribution < 1.29 is 21.9 Å². The average Bonchev–Trinajstić information content (AvgIpc) is 3.23. The van der Waals surface area contributed by atoms with Crippen molar-refractivity contribution in [3.63, 3.8) is 0 Å². The van der Waals surface area contributed by atoms with Gasteiger partial charge in [-0.25, -0.2) is 0 Å². The summed E-state index contributed by atoms with van der Waals surface area (Å²) in [7, 11) is 0. The first-order valence-electron chi connectivity index (χ1n) is 10.9. The van der Waals surface area contributed by atoms with E-state index in [0.717, 1.165) is 42.6 Å². The number of benzene rings is 2. The molecule has 0 aliphatic heterocycles. The molecule has 0 saturated carbocycles. The van der Waals surface area contributed by atoms with Crippen LogP contribution in [0.15, 0.2) is 41.3 Å². The van der Waals surface area contributed by atoms with Crippen molar-refractivity contribution in [1.29, 1.82) is 0 Å². The summed E-state index contributed by atoms with van der Waals surface area (Å²) in [6.45, 7) is 5.38. The molecule has 2 N–H and O–H groups in total. The van der Waals surface area contributed by atoms with Gasteiger partial charge in [-0.05, 0) is 64.2 Å². The lowest BCUT2D eigenvalue weighted by Gasteiger charge is -2.30. The first-order valence-corrected chi connectivity index (χ1v) is 12.0. The topological polar surface area (TPSA) is 113 Å². The van der Waals surface area contributed by atoms with Crippen molar-refractivity contribution in [2.24, 2.45) is 0 Å². The first kappa shape index (κ1) is 25.6. The molecule has 8 nitrogen and oxygen atoms in total. The second-order valence-electron chi connectivity index (χ2n) is 7.82. The van der Waals surface area contributed by atoms with Gasteiger partial charge in [-0.15, -0.1) is 9.89 Å². The summed E-state index contributed by atoms with van der Waals surface area (Å²) in [5, 5.41) is 11.0. The Labute approximate surface area is 198 Å². The number of unbranched alkanes of at least 4 members (excludes halogenated alkanes) is 2. The Bertz CT molecular complexity index is 1130. The monoisotopic (exact) mass is 495 g/mol. The van der Waals surface area contributed by atoms with Gasteiger partial charge in [-0.3, -0.25) is 4.21 Å². The number of nitrogens with two attached hydrogens (primary N) is 1. The molecule has 12 heteroatoms. The quantitative estimate of drug-likeness (QED) is 0.328. The zero-order chi connectivity index (χ0) is 24.9. The van der Waals surface area contributed by atoms with Crippen LogP contribution < -0.4 is 10.7 Å². The van der Waals surface area contributed by atoms with Gasteiger partial charge < -0.3 is 15.3 Å². The SMILES string of the molecule is CCCCN(CCCC)c1cc(-c2nnnn2N)cc(S(=O)[O-])c1-c1ccc(C(F)(F)F)cc1. The highest BCUT2D eigenvalue weighted by molar-refractivity contribution is 7.79. The van der Waals surface area contributed by atoms with Crippen LogP contribution >= 0.6 is 0 Å². The molecule has 1 unspecified atom stereocenters. The molecule has 3 rings (SSSR count). The highest BCUT2D eigenvalue weighted by atomic mass is 32.2. The van der Waals surface area contributed by atoms with E-state index in [-0.39, 0.29) is 10.7 Å². The zero-order valence-corrected chi connectivity index (χ0v) is 19.7. The predicted molar refractivity (Wildman–Crippen MR) is 123 cm³/mol. The summed E-state index contributed by atoms with van der Waals surface area (Å²) < 4.78 is 64.1. The molecule has 1 heterocycles. The van der Waals surface area contributed by atoms with E-state index in [1.165, 1.54) is 18.2 Å². The summed E-state index contributed by atoms with van der Waals surface area (Å²) in [5.41, 5.74) is 0.834. The van der Waals surface area contributed by atoms with E-state index in [2.05, 4.69) is 20.4 Å². The van der Waals surface area contributed by atoms with E-state index in [0.29, 0.717) is 35.5 Å². The minimum Gasteiger partial charge on any atom is -0.768 e. The summed E-state index contributed by atoms with van der Waals surface area (Å²) in [4.78, 5) is 2.93. The lowest BCUT2D eigenvalue weighted by molar-refractivity contribution is -0.137. The smallest absolute Gasteiger partial charge is 0.416 e. The van der Waals surface area contributed by atoms with Gasteiger partial charge in [-0.2, -0.15) is 13.2 Å². The molecule has 3 aromatic rings. The molecule has 34 heavy (non-hydrogen) atoms. The number of alkyl halides is 3. The number of hydrogen-bond acceptors (Lipinski definition) is 7. The van der Waals surface area contributed by atoms with Crippen LogP contribution in [-0.4, -0.2) is 42.2 Å². The molecule has 0 fully saturated rings. The third-order valence-electron chi connectivity index (χ3n) is 5.42. The number of aromatic nitrogens is 4. The van der Waals surface area contributed by atoms with Crippen LogP contribution in [0.3, 0.4) is 0 Å².